The number of hydrogen-bond donors (Lipinski definition) is 5. The molecule has 0 atom stereocenters. The molecule has 6 nitrogen and oxygen atoms in total. The third kappa shape index (κ3) is 6.14. The lowest BCUT2D eigenvalue weighted by molar-refractivity contribution is 0.857. The second-order valence-corrected chi connectivity index (χ2v) is 7.12. The summed E-state index contributed by atoms with van der Waals surface area (Å²) in [5, 5.41) is 9.66. The van der Waals surface area contributed by atoms with Crippen molar-refractivity contribution in [1.29, 1.82) is 0 Å². The molecule has 28 heavy (non-hydrogen) atoms. The number of nitrogens with two attached hydrogens (primary N) is 1. The number of rotatable bonds is 4. The van der Waals surface area contributed by atoms with Crippen LogP contribution in [0.15, 0.2) is 59.6 Å². The quantitative estimate of drug-likeness (QED) is 0.330. The summed E-state index contributed by atoms with van der Waals surface area (Å²) in [5.74, 6) is 1.25. The van der Waals surface area contributed by atoms with Crippen molar-refractivity contribution < 1.29 is 0 Å². The van der Waals surface area contributed by atoms with Crippen molar-refractivity contribution in [1.82, 2.24) is 15.3 Å². The largest absolute Gasteiger partial charge is 0.399 e. The van der Waals surface area contributed by atoms with Crippen molar-refractivity contribution in [3.8, 4) is 0 Å². The van der Waals surface area contributed by atoms with Crippen LogP contribution in [0.25, 0.3) is 0 Å². The van der Waals surface area contributed by atoms with E-state index in [1.165, 1.54) is 25.9 Å². The van der Waals surface area contributed by atoms with Crippen LogP contribution in [0.5, 0.6) is 0 Å². The standard InChI is InChI=1S/C17H17N5S.C4H9N/c1-11-10-19-17(21-14-6-3-7-15(23)9-14)22-16(11)20-13-5-2-4-12(18)8-13;1-2-4-5-3-1/h2-10,23H,18H2,1H3,(H2,19,20,21,22);5H,1-4H2. The lowest BCUT2D eigenvalue weighted by Crippen LogP contribution is -2.03. The molecule has 0 saturated carbocycles. The van der Waals surface area contributed by atoms with E-state index in [1.54, 1.807) is 6.20 Å². The number of thiol groups is 1. The molecule has 1 aromatic heterocycles. The Morgan fingerprint density at radius 3 is 2.36 bits per heavy atom. The zero-order chi connectivity index (χ0) is 19.8. The van der Waals surface area contributed by atoms with Gasteiger partial charge in [-0.15, -0.1) is 12.6 Å². The van der Waals surface area contributed by atoms with Crippen LogP contribution in [0, 0.1) is 6.92 Å². The predicted molar refractivity (Wildman–Crippen MR) is 120 cm³/mol. The van der Waals surface area contributed by atoms with Crippen LogP contribution in [0.1, 0.15) is 18.4 Å². The molecule has 7 heteroatoms. The first-order chi connectivity index (χ1) is 13.6. The SMILES string of the molecule is C1CCNC1.Cc1cnc(Nc2cccc(S)c2)nc1Nc1cccc(N)c1. The molecule has 1 aliphatic rings. The molecule has 0 unspecified atom stereocenters. The van der Waals surface area contributed by atoms with Crippen molar-refractivity contribution in [2.45, 2.75) is 24.7 Å². The summed E-state index contributed by atoms with van der Waals surface area (Å²) >= 11 is 4.33. The maximum Gasteiger partial charge on any atom is 0.229 e. The van der Waals surface area contributed by atoms with Gasteiger partial charge in [-0.3, -0.25) is 0 Å². The summed E-state index contributed by atoms with van der Waals surface area (Å²) in [6.45, 7) is 4.45. The van der Waals surface area contributed by atoms with Crippen LogP contribution in [0.3, 0.4) is 0 Å². The second-order valence-electron chi connectivity index (χ2n) is 6.61. The lowest BCUT2D eigenvalue weighted by Gasteiger charge is -2.11. The van der Waals surface area contributed by atoms with Gasteiger partial charge in [0, 0.05) is 33.7 Å². The van der Waals surface area contributed by atoms with E-state index in [4.69, 9.17) is 5.73 Å². The van der Waals surface area contributed by atoms with Crippen molar-refractivity contribution in [2.75, 3.05) is 29.5 Å². The number of nitrogens with one attached hydrogen (secondary N) is 3. The normalized spacial score (nSPS) is 12.8. The molecule has 3 aromatic rings. The van der Waals surface area contributed by atoms with Crippen LogP contribution < -0.4 is 21.7 Å². The minimum Gasteiger partial charge on any atom is -0.399 e. The van der Waals surface area contributed by atoms with E-state index in [0.717, 1.165) is 27.7 Å². The molecule has 0 bridgehead atoms. The minimum atomic E-state index is 0.515. The number of nitrogen functional groups attached to an aromatic ring is 1. The van der Waals surface area contributed by atoms with Crippen LogP contribution in [-0.2, 0) is 0 Å². The fraction of sp³-hybridized carbons (Fsp3) is 0.238. The molecule has 2 aromatic carbocycles. The maximum absolute atomic E-state index is 5.80. The Labute approximate surface area is 171 Å². The van der Waals surface area contributed by atoms with Gasteiger partial charge in [-0.2, -0.15) is 4.98 Å². The Morgan fingerprint density at radius 2 is 1.71 bits per heavy atom. The van der Waals surface area contributed by atoms with Crippen LogP contribution >= 0.6 is 12.6 Å². The van der Waals surface area contributed by atoms with E-state index in [0.29, 0.717) is 11.6 Å². The molecule has 0 aliphatic carbocycles. The number of anilines is 5. The summed E-state index contributed by atoms with van der Waals surface area (Å²) in [5.41, 5.74) is 9.22. The van der Waals surface area contributed by atoms with Crippen molar-refractivity contribution in [3.05, 3.63) is 60.3 Å². The van der Waals surface area contributed by atoms with Gasteiger partial charge in [-0.25, -0.2) is 4.98 Å². The Balaban J connectivity index is 0.000000391. The van der Waals surface area contributed by atoms with Crippen LogP contribution in [-0.4, -0.2) is 23.1 Å². The molecule has 0 spiro atoms. The monoisotopic (exact) mass is 394 g/mol. The molecule has 5 N–H and O–H groups in total. The van der Waals surface area contributed by atoms with E-state index in [2.05, 4.69) is 38.5 Å². The van der Waals surface area contributed by atoms with E-state index in [1.807, 2.05) is 55.5 Å². The number of aromatic nitrogens is 2. The summed E-state index contributed by atoms with van der Waals surface area (Å²) in [6, 6.07) is 15.2. The van der Waals surface area contributed by atoms with Crippen LogP contribution in [0.2, 0.25) is 0 Å². The van der Waals surface area contributed by atoms with Gasteiger partial charge in [0.1, 0.15) is 5.82 Å². The highest BCUT2D eigenvalue weighted by Crippen LogP contribution is 2.22. The first-order valence-electron chi connectivity index (χ1n) is 9.33. The van der Waals surface area contributed by atoms with Crippen molar-refractivity contribution in [2.24, 2.45) is 0 Å². The maximum atomic E-state index is 5.80. The Kier molecular flexibility index (Phi) is 7.11. The average Bonchev–Trinajstić information content (AvgIpc) is 3.25. The highest BCUT2D eigenvalue weighted by atomic mass is 32.1. The topological polar surface area (TPSA) is 87.9 Å². The third-order valence-corrected chi connectivity index (χ3v) is 4.46. The van der Waals surface area contributed by atoms with Gasteiger partial charge in [0.25, 0.3) is 0 Å². The summed E-state index contributed by atoms with van der Waals surface area (Å²) in [6.07, 6.45) is 4.55. The van der Waals surface area contributed by atoms with E-state index < -0.39 is 0 Å². The van der Waals surface area contributed by atoms with Gasteiger partial charge < -0.3 is 21.7 Å². The molecular formula is C21H26N6S. The second kappa shape index (κ2) is 9.96. The molecule has 2 heterocycles. The first kappa shape index (κ1) is 20.0. The summed E-state index contributed by atoms with van der Waals surface area (Å²) in [7, 11) is 0. The van der Waals surface area contributed by atoms with E-state index >= 15 is 0 Å². The fourth-order valence-electron chi connectivity index (χ4n) is 2.72. The first-order valence-corrected chi connectivity index (χ1v) is 9.78. The highest BCUT2D eigenvalue weighted by Gasteiger charge is 2.05. The summed E-state index contributed by atoms with van der Waals surface area (Å²) in [4.78, 5) is 9.71. The number of nitrogens with zero attached hydrogens (tertiary/aromatic N) is 2. The van der Waals surface area contributed by atoms with Gasteiger partial charge >= 0.3 is 0 Å². The lowest BCUT2D eigenvalue weighted by atomic mass is 10.2. The van der Waals surface area contributed by atoms with E-state index in [-0.39, 0.29) is 0 Å². The molecule has 1 aliphatic heterocycles. The van der Waals surface area contributed by atoms with Gasteiger partial charge in [0.05, 0.1) is 0 Å². The fourth-order valence-corrected chi connectivity index (χ4v) is 2.94. The molecule has 1 saturated heterocycles. The Bertz CT molecular complexity index is 903. The minimum absolute atomic E-state index is 0.515. The molecular weight excluding hydrogens is 368 g/mol. The molecule has 0 amide bonds. The summed E-state index contributed by atoms with van der Waals surface area (Å²) < 4.78 is 0. The Hall–Kier alpha value is -2.77. The predicted octanol–water partition coefficient (Wildman–Crippen LogP) is 4.51. The third-order valence-electron chi connectivity index (χ3n) is 4.18. The number of hydrogen-bond acceptors (Lipinski definition) is 7. The van der Waals surface area contributed by atoms with E-state index in [9.17, 15) is 0 Å². The van der Waals surface area contributed by atoms with Crippen molar-refractivity contribution >= 4 is 41.5 Å². The van der Waals surface area contributed by atoms with Gasteiger partial charge in [-0.1, -0.05) is 12.1 Å². The van der Waals surface area contributed by atoms with Crippen molar-refractivity contribution in [3.63, 3.8) is 0 Å². The zero-order valence-corrected chi connectivity index (χ0v) is 16.8. The van der Waals surface area contributed by atoms with Gasteiger partial charge in [0.15, 0.2) is 0 Å². The number of benzene rings is 2. The molecule has 146 valence electrons. The molecule has 4 rings (SSSR count). The van der Waals surface area contributed by atoms with Gasteiger partial charge in [0.2, 0.25) is 5.95 Å². The molecule has 0 radical (unpaired) electrons. The average molecular weight is 395 g/mol. The smallest absolute Gasteiger partial charge is 0.229 e. The zero-order valence-electron chi connectivity index (χ0n) is 15.9. The van der Waals surface area contributed by atoms with Gasteiger partial charge in [-0.05, 0) is 69.3 Å². The van der Waals surface area contributed by atoms with Crippen LogP contribution in [0.4, 0.5) is 28.8 Å². The molecule has 1 fully saturated rings. The Morgan fingerprint density at radius 1 is 1.00 bits per heavy atom. The highest BCUT2D eigenvalue weighted by molar-refractivity contribution is 7.80. The number of aryl methyl sites for hydroxylation is 1.